The summed E-state index contributed by atoms with van der Waals surface area (Å²) in [5, 5.41) is 6.89. The summed E-state index contributed by atoms with van der Waals surface area (Å²) in [6.07, 6.45) is 8.19. The number of hydrogen-bond donors (Lipinski definition) is 1. The van der Waals surface area contributed by atoms with Crippen molar-refractivity contribution in [3.8, 4) is 0 Å². The number of nitrogens with one attached hydrogen (secondary N) is 1. The highest BCUT2D eigenvalue weighted by Crippen LogP contribution is 2.11. The summed E-state index contributed by atoms with van der Waals surface area (Å²) in [4.78, 5) is 28.2. The van der Waals surface area contributed by atoms with Crippen LogP contribution in [0.1, 0.15) is 0 Å². The van der Waals surface area contributed by atoms with Gasteiger partial charge >= 0.3 is 6.03 Å². The van der Waals surface area contributed by atoms with E-state index in [1.54, 1.807) is 29.6 Å². The van der Waals surface area contributed by atoms with Crippen LogP contribution < -0.4 is 10.2 Å². The van der Waals surface area contributed by atoms with Crippen molar-refractivity contribution >= 4 is 11.8 Å². The molecule has 9 nitrogen and oxygen atoms in total. The normalized spacial score (nSPS) is 14.9. The molecule has 1 saturated heterocycles. The second-order valence-electron chi connectivity index (χ2n) is 4.93. The number of anilines is 1. The lowest BCUT2D eigenvalue weighted by Gasteiger charge is -2.35. The van der Waals surface area contributed by atoms with Gasteiger partial charge in [-0.3, -0.25) is 9.67 Å². The van der Waals surface area contributed by atoms with Gasteiger partial charge in [-0.25, -0.2) is 14.8 Å². The molecule has 2 amide bonds. The Morgan fingerprint density at radius 2 is 2.05 bits per heavy atom. The van der Waals surface area contributed by atoms with Crippen molar-refractivity contribution in [3.05, 3.63) is 31.2 Å². The van der Waals surface area contributed by atoms with E-state index < -0.39 is 0 Å². The number of aromatic nitrogens is 5. The molecule has 116 valence electrons. The molecule has 1 N–H and O–H groups in total. The van der Waals surface area contributed by atoms with E-state index in [1.807, 2.05) is 4.90 Å². The molecule has 0 atom stereocenters. The van der Waals surface area contributed by atoms with Gasteiger partial charge in [0.1, 0.15) is 18.5 Å². The summed E-state index contributed by atoms with van der Waals surface area (Å²) in [6, 6.07) is -0.0427. The zero-order chi connectivity index (χ0) is 15.2. The molecule has 2 aromatic rings. The van der Waals surface area contributed by atoms with E-state index in [0.717, 1.165) is 18.9 Å². The quantitative estimate of drug-likeness (QED) is 0.826. The fraction of sp³-hybridized carbons (Fsp3) is 0.462. The first-order valence-electron chi connectivity index (χ1n) is 7.19. The molecule has 0 saturated carbocycles. The van der Waals surface area contributed by atoms with Crippen molar-refractivity contribution in [3.63, 3.8) is 0 Å². The van der Waals surface area contributed by atoms with Crippen LogP contribution in [0.3, 0.4) is 0 Å². The molecule has 3 heterocycles. The van der Waals surface area contributed by atoms with Crippen LogP contribution in [0, 0.1) is 0 Å². The Bertz CT molecular complexity index is 579. The SMILES string of the molecule is O=C(NCCn1cncn1)N1CCN(c2cnccn2)CC1. The van der Waals surface area contributed by atoms with Gasteiger partial charge in [0.2, 0.25) is 0 Å². The molecule has 22 heavy (non-hydrogen) atoms. The van der Waals surface area contributed by atoms with Gasteiger partial charge in [0.15, 0.2) is 0 Å². The van der Waals surface area contributed by atoms with Gasteiger partial charge in [0, 0.05) is 45.1 Å². The predicted octanol–water partition coefficient (Wildman–Crippen LogP) is -0.400. The van der Waals surface area contributed by atoms with E-state index in [-0.39, 0.29) is 6.03 Å². The lowest BCUT2D eigenvalue weighted by Crippen LogP contribution is -2.52. The number of nitrogens with zero attached hydrogens (tertiary/aromatic N) is 7. The first-order valence-corrected chi connectivity index (χ1v) is 7.19. The lowest BCUT2D eigenvalue weighted by molar-refractivity contribution is 0.193. The van der Waals surface area contributed by atoms with Crippen molar-refractivity contribution in [2.75, 3.05) is 37.6 Å². The number of rotatable bonds is 4. The van der Waals surface area contributed by atoms with Gasteiger partial charge < -0.3 is 15.1 Å². The van der Waals surface area contributed by atoms with Crippen LogP contribution in [0.15, 0.2) is 31.2 Å². The standard InChI is InChI=1S/C13H18N8O/c22-13(17-3-4-21-11-15-10-18-21)20-7-5-19(6-8-20)12-9-14-1-2-16-12/h1-2,9-11H,3-8H2,(H,17,22). The van der Waals surface area contributed by atoms with Gasteiger partial charge in [0.05, 0.1) is 12.7 Å². The monoisotopic (exact) mass is 302 g/mol. The van der Waals surface area contributed by atoms with Gasteiger partial charge in [0.25, 0.3) is 0 Å². The first-order chi connectivity index (χ1) is 10.8. The number of carbonyl (C=O) groups excluding carboxylic acids is 1. The molecule has 0 bridgehead atoms. The smallest absolute Gasteiger partial charge is 0.317 e. The number of hydrogen-bond acceptors (Lipinski definition) is 6. The van der Waals surface area contributed by atoms with E-state index in [1.165, 1.54) is 6.33 Å². The van der Waals surface area contributed by atoms with Crippen molar-refractivity contribution in [2.24, 2.45) is 0 Å². The fourth-order valence-corrected chi connectivity index (χ4v) is 2.33. The summed E-state index contributed by atoms with van der Waals surface area (Å²) >= 11 is 0. The predicted molar refractivity (Wildman–Crippen MR) is 79.2 cm³/mol. The van der Waals surface area contributed by atoms with Crippen molar-refractivity contribution < 1.29 is 4.79 Å². The van der Waals surface area contributed by atoms with E-state index in [4.69, 9.17) is 0 Å². The zero-order valence-electron chi connectivity index (χ0n) is 12.2. The highest BCUT2D eigenvalue weighted by atomic mass is 16.2. The summed E-state index contributed by atoms with van der Waals surface area (Å²) in [5.74, 6) is 0.855. The molecule has 1 fully saturated rings. The Morgan fingerprint density at radius 1 is 1.18 bits per heavy atom. The van der Waals surface area contributed by atoms with E-state index in [9.17, 15) is 4.79 Å². The summed E-state index contributed by atoms with van der Waals surface area (Å²) in [5.41, 5.74) is 0. The minimum absolute atomic E-state index is 0.0427. The van der Waals surface area contributed by atoms with Crippen molar-refractivity contribution in [2.45, 2.75) is 6.54 Å². The van der Waals surface area contributed by atoms with Crippen LogP contribution in [0.4, 0.5) is 10.6 Å². The molecule has 0 spiro atoms. The van der Waals surface area contributed by atoms with Gasteiger partial charge in [-0.1, -0.05) is 0 Å². The molecule has 0 radical (unpaired) electrons. The van der Waals surface area contributed by atoms with Crippen LogP contribution in [-0.4, -0.2) is 68.4 Å². The maximum Gasteiger partial charge on any atom is 0.317 e. The highest BCUT2D eigenvalue weighted by molar-refractivity contribution is 5.74. The topological polar surface area (TPSA) is 92.1 Å². The number of piperazine rings is 1. The Hall–Kier alpha value is -2.71. The molecule has 0 aliphatic carbocycles. The van der Waals surface area contributed by atoms with E-state index in [2.05, 4.69) is 30.3 Å². The Labute approximate surface area is 128 Å². The summed E-state index contributed by atoms with van der Waals surface area (Å²) in [6.45, 7) is 4.01. The van der Waals surface area contributed by atoms with E-state index in [0.29, 0.717) is 26.2 Å². The minimum atomic E-state index is -0.0427. The first kappa shape index (κ1) is 14.2. The molecular formula is C13H18N8O. The Kier molecular flexibility index (Phi) is 4.42. The third-order valence-electron chi connectivity index (χ3n) is 3.52. The second kappa shape index (κ2) is 6.83. The molecule has 2 aromatic heterocycles. The fourth-order valence-electron chi connectivity index (χ4n) is 2.33. The number of carbonyl (C=O) groups is 1. The molecule has 0 aromatic carbocycles. The Morgan fingerprint density at radius 3 is 2.73 bits per heavy atom. The van der Waals surface area contributed by atoms with Crippen LogP contribution >= 0.6 is 0 Å². The molecule has 3 rings (SSSR count). The van der Waals surface area contributed by atoms with Gasteiger partial charge in [-0.15, -0.1) is 0 Å². The minimum Gasteiger partial charge on any atom is -0.352 e. The maximum absolute atomic E-state index is 12.1. The van der Waals surface area contributed by atoms with E-state index >= 15 is 0 Å². The largest absolute Gasteiger partial charge is 0.352 e. The van der Waals surface area contributed by atoms with Crippen LogP contribution in [0.25, 0.3) is 0 Å². The Balaban J connectivity index is 1.42. The van der Waals surface area contributed by atoms with Crippen molar-refractivity contribution in [1.29, 1.82) is 0 Å². The lowest BCUT2D eigenvalue weighted by atomic mass is 10.3. The third kappa shape index (κ3) is 3.48. The second-order valence-corrected chi connectivity index (χ2v) is 4.93. The molecule has 1 aliphatic heterocycles. The number of amides is 2. The summed E-state index contributed by atoms with van der Waals surface area (Å²) in [7, 11) is 0. The molecule has 1 aliphatic rings. The van der Waals surface area contributed by atoms with Gasteiger partial charge in [-0.2, -0.15) is 5.10 Å². The molecular weight excluding hydrogens is 284 g/mol. The van der Waals surface area contributed by atoms with Gasteiger partial charge in [-0.05, 0) is 0 Å². The van der Waals surface area contributed by atoms with Crippen LogP contribution in [-0.2, 0) is 6.54 Å². The number of urea groups is 1. The van der Waals surface area contributed by atoms with Crippen LogP contribution in [0.5, 0.6) is 0 Å². The van der Waals surface area contributed by atoms with Crippen LogP contribution in [0.2, 0.25) is 0 Å². The highest BCUT2D eigenvalue weighted by Gasteiger charge is 2.21. The molecule has 9 heteroatoms. The van der Waals surface area contributed by atoms with Crippen molar-refractivity contribution in [1.82, 2.24) is 34.9 Å². The average Bonchev–Trinajstić information content (AvgIpc) is 3.09. The third-order valence-corrected chi connectivity index (χ3v) is 3.52. The molecule has 0 unspecified atom stereocenters. The average molecular weight is 302 g/mol. The maximum atomic E-state index is 12.1. The zero-order valence-corrected chi connectivity index (χ0v) is 12.2. The summed E-state index contributed by atoms with van der Waals surface area (Å²) < 4.78 is 1.69.